The van der Waals surface area contributed by atoms with Crippen molar-refractivity contribution in [2.75, 3.05) is 5.32 Å². The summed E-state index contributed by atoms with van der Waals surface area (Å²) in [6.07, 6.45) is 6.91. The number of fused-ring (bicyclic) bond motifs is 1. The highest BCUT2D eigenvalue weighted by atomic mass is 32.2. The largest absolute Gasteiger partial charge is 0.326 e. The molecular weight excluding hydrogens is 356 g/mol. The van der Waals surface area contributed by atoms with Crippen molar-refractivity contribution in [1.82, 2.24) is 14.8 Å². The number of hydrogen-bond acceptors (Lipinski definition) is 4. The first-order valence-corrected chi connectivity index (χ1v) is 10.0. The molecule has 1 aliphatic carbocycles. The fraction of sp³-hybridized carbons (Fsp3) is 0.286. The predicted octanol–water partition coefficient (Wildman–Crippen LogP) is 4.03. The summed E-state index contributed by atoms with van der Waals surface area (Å²) in [5, 5.41) is 11.8. The van der Waals surface area contributed by atoms with E-state index in [1.807, 2.05) is 35.9 Å². The number of anilines is 1. The number of nitrogens with zero attached hydrogens (tertiary/aromatic N) is 3. The van der Waals surface area contributed by atoms with Gasteiger partial charge < -0.3 is 9.88 Å². The maximum absolute atomic E-state index is 12.4. The van der Waals surface area contributed by atoms with Crippen LogP contribution in [0, 0.1) is 0 Å². The molecule has 0 fully saturated rings. The van der Waals surface area contributed by atoms with Gasteiger partial charge in [-0.15, -0.1) is 10.2 Å². The molecule has 0 spiro atoms. The molecule has 5 nitrogen and oxygen atoms in total. The van der Waals surface area contributed by atoms with E-state index in [0.717, 1.165) is 27.7 Å². The molecule has 0 atom stereocenters. The molecule has 6 heteroatoms. The first-order chi connectivity index (χ1) is 13.2. The number of carbonyl (C=O) groups excluding carboxylic acids is 1. The molecule has 0 bridgehead atoms. The third kappa shape index (κ3) is 4.39. The third-order valence-corrected chi connectivity index (χ3v) is 5.85. The molecule has 27 heavy (non-hydrogen) atoms. The van der Waals surface area contributed by atoms with E-state index in [1.54, 1.807) is 18.1 Å². The third-order valence-electron chi connectivity index (χ3n) is 4.79. The van der Waals surface area contributed by atoms with Gasteiger partial charge in [-0.2, -0.15) is 0 Å². The van der Waals surface area contributed by atoms with Gasteiger partial charge in [0, 0.05) is 17.6 Å². The Balaban J connectivity index is 1.36. The summed E-state index contributed by atoms with van der Waals surface area (Å²) in [5.41, 5.74) is 4.75. The number of hydrogen-bond donors (Lipinski definition) is 1. The maximum Gasteiger partial charge on any atom is 0.228 e. The molecule has 4 rings (SSSR count). The van der Waals surface area contributed by atoms with E-state index in [4.69, 9.17) is 0 Å². The standard InChI is InChI=1S/C21H22N4OS/c1-25-14-22-24-21(25)27-19-10-8-18(9-11-19)23-20(26)13-15-6-7-16-4-2-3-5-17(16)12-15/h6-12,14H,2-5,13H2,1H3,(H,23,26). The van der Waals surface area contributed by atoms with Crippen LogP contribution < -0.4 is 5.32 Å². The fourth-order valence-electron chi connectivity index (χ4n) is 3.36. The van der Waals surface area contributed by atoms with E-state index in [1.165, 1.54) is 30.4 Å². The van der Waals surface area contributed by atoms with Crippen LogP contribution in [0.4, 0.5) is 5.69 Å². The molecule has 1 aliphatic rings. The van der Waals surface area contributed by atoms with Gasteiger partial charge >= 0.3 is 0 Å². The average Bonchev–Trinajstić information content (AvgIpc) is 3.08. The molecule has 1 heterocycles. The van der Waals surface area contributed by atoms with E-state index in [-0.39, 0.29) is 5.91 Å². The second-order valence-electron chi connectivity index (χ2n) is 6.89. The number of benzene rings is 2. The molecule has 138 valence electrons. The van der Waals surface area contributed by atoms with E-state index < -0.39 is 0 Å². The summed E-state index contributed by atoms with van der Waals surface area (Å²) in [4.78, 5) is 13.5. The number of aromatic nitrogens is 3. The van der Waals surface area contributed by atoms with Crippen LogP contribution in [0.1, 0.15) is 29.5 Å². The SMILES string of the molecule is Cn1cnnc1Sc1ccc(NC(=O)Cc2ccc3c(c2)CCCC3)cc1. The summed E-state index contributed by atoms with van der Waals surface area (Å²) in [6.45, 7) is 0. The highest BCUT2D eigenvalue weighted by molar-refractivity contribution is 7.99. The van der Waals surface area contributed by atoms with Gasteiger partial charge in [0.25, 0.3) is 0 Å². The van der Waals surface area contributed by atoms with Gasteiger partial charge in [-0.3, -0.25) is 4.79 Å². The smallest absolute Gasteiger partial charge is 0.228 e. The normalized spacial score (nSPS) is 13.2. The Kier molecular flexibility index (Phi) is 5.25. The minimum absolute atomic E-state index is 0.0134. The van der Waals surface area contributed by atoms with E-state index in [0.29, 0.717) is 6.42 Å². The van der Waals surface area contributed by atoms with Gasteiger partial charge in [0.05, 0.1) is 6.42 Å². The maximum atomic E-state index is 12.4. The molecule has 0 aliphatic heterocycles. The summed E-state index contributed by atoms with van der Waals surface area (Å²) in [7, 11) is 1.91. The van der Waals surface area contributed by atoms with E-state index in [9.17, 15) is 4.79 Å². The van der Waals surface area contributed by atoms with Gasteiger partial charge in [-0.1, -0.05) is 18.2 Å². The molecule has 0 saturated heterocycles. The molecule has 1 N–H and O–H groups in total. The molecule has 1 amide bonds. The first kappa shape index (κ1) is 17.8. The van der Waals surface area contributed by atoms with Gasteiger partial charge in [0.15, 0.2) is 5.16 Å². The van der Waals surface area contributed by atoms with Crippen LogP contribution in [0.3, 0.4) is 0 Å². The quantitative estimate of drug-likeness (QED) is 0.728. The Morgan fingerprint density at radius 2 is 1.89 bits per heavy atom. The molecule has 0 radical (unpaired) electrons. The highest BCUT2D eigenvalue weighted by Gasteiger charge is 2.11. The Bertz CT molecular complexity index is 949. The zero-order valence-corrected chi connectivity index (χ0v) is 16.1. The minimum atomic E-state index is 0.0134. The average molecular weight is 379 g/mol. The zero-order chi connectivity index (χ0) is 18.6. The van der Waals surface area contributed by atoms with Gasteiger partial charge in [-0.25, -0.2) is 0 Å². The Hall–Kier alpha value is -2.60. The summed E-state index contributed by atoms with van der Waals surface area (Å²) >= 11 is 1.54. The van der Waals surface area contributed by atoms with Crippen LogP contribution in [-0.4, -0.2) is 20.7 Å². The van der Waals surface area contributed by atoms with Gasteiger partial charge in [0.1, 0.15) is 6.33 Å². The summed E-state index contributed by atoms with van der Waals surface area (Å²) < 4.78 is 1.87. The molecular formula is C21H22N4OS. The second kappa shape index (κ2) is 7.96. The molecule has 0 unspecified atom stereocenters. The number of carbonyl (C=O) groups is 1. The summed E-state index contributed by atoms with van der Waals surface area (Å²) in [5.74, 6) is 0.0134. The van der Waals surface area contributed by atoms with Crippen LogP contribution in [-0.2, 0) is 31.1 Å². The Morgan fingerprint density at radius 3 is 2.63 bits per heavy atom. The lowest BCUT2D eigenvalue weighted by Crippen LogP contribution is -2.15. The lowest BCUT2D eigenvalue weighted by molar-refractivity contribution is -0.115. The predicted molar refractivity (Wildman–Crippen MR) is 107 cm³/mol. The highest BCUT2D eigenvalue weighted by Crippen LogP contribution is 2.26. The summed E-state index contributed by atoms with van der Waals surface area (Å²) in [6, 6.07) is 14.3. The lowest BCUT2D eigenvalue weighted by Gasteiger charge is -2.16. The van der Waals surface area contributed by atoms with Gasteiger partial charge in [-0.05, 0) is 78.4 Å². The van der Waals surface area contributed by atoms with Crippen LogP contribution in [0.15, 0.2) is 58.8 Å². The van der Waals surface area contributed by atoms with E-state index >= 15 is 0 Å². The molecule has 1 aromatic heterocycles. The number of amides is 1. The van der Waals surface area contributed by atoms with Crippen molar-refractivity contribution in [3.05, 3.63) is 65.5 Å². The number of nitrogens with one attached hydrogen (secondary N) is 1. The number of rotatable bonds is 5. The van der Waals surface area contributed by atoms with Crippen molar-refractivity contribution in [1.29, 1.82) is 0 Å². The Morgan fingerprint density at radius 1 is 1.11 bits per heavy atom. The van der Waals surface area contributed by atoms with Crippen LogP contribution in [0.5, 0.6) is 0 Å². The fourth-order valence-corrected chi connectivity index (χ4v) is 4.13. The van der Waals surface area contributed by atoms with Crippen molar-refractivity contribution in [3.63, 3.8) is 0 Å². The van der Waals surface area contributed by atoms with Crippen molar-refractivity contribution in [2.45, 2.75) is 42.2 Å². The first-order valence-electron chi connectivity index (χ1n) is 9.20. The van der Waals surface area contributed by atoms with E-state index in [2.05, 4.69) is 33.7 Å². The lowest BCUT2D eigenvalue weighted by atomic mass is 9.90. The molecule has 3 aromatic rings. The zero-order valence-electron chi connectivity index (χ0n) is 15.3. The van der Waals surface area contributed by atoms with Crippen molar-refractivity contribution in [3.8, 4) is 0 Å². The van der Waals surface area contributed by atoms with Crippen LogP contribution >= 0.6 is 11.8 Å². The van der Waals surface area contributed by atoms with Gasteiger partial charge in [0.2, 0.25) is 5.91 Å². The van der Waals surface area contributed by atoms with Crippen molar-refractivity contribution >= 4 is 23.4 Å². The molecule has 2 aromatic carbocycles. The minimum Gasteiger partial charge on any atom is -0.326 e. The monoisotopic (exact) mass is 378 g/mol. The van der Waals surface area contributed by atoms with Crippen molar-refractivity contribution in [2.24, 2.45) is 7.05 Å². The topological polar surface area (TPSA) is 59.8 Å². The van der Waals surface area contributed by atoms with Crippen LogP contribution in [0.2, 0.25) is 0 Å². The Labute approximate surface area is 163 Å². The number of aryl methyl sites for hydroxylation is 3. The molecule has 0 saturated carbocycles. The van der Waals surface area contributed by atoms with Crippen molar-refractivity contribution < 1.29 is 4.79 Å². The second-order valence-corrected chi connectivity index (χ2v) is 7.93. The van der Waals surface area contributed by atoms with Crippen LogP contribution in [0.25, 0.3) is 0 Å².